The molecule has 10 heteroatoms. The third-order valence-electron chi connectivity index (χ3n) is 7.50. The molecule has 1 amide bonds. The van der Waals surface area contributed by atoms with Crippen LogP contribution in [0.3, 0.4) is 0 Å². The van der Waals surface area contributed by atoms with Crippen LogP contribution in [-0.4, -0.2) is 32.7 Å². The lowest BCUT2D eigenvalue weighted by molar-refractivity contribution is -0.152. The molecule has 0 spiro atoms. The molecule has 1 aliphatic heterocycles. The molecule has 196 valence electrons. The van der Waals surface area contributed by atoms with Gasteiger partial charge in [-0.2, -0.15) is 0 Å². The van der Waals surface area contributed by atoms with Gasteiger partial charge in [-0.05, 0) is 50.1 Å². The number of nitrogens with zero attached hydrogens (tertiary/aromatic N) is 4. The van der Waals surface area contributed by atoms with Gasteiger partial charge in [0.1, 0.15) is 17.7 Å². The van der Waals surface area contributed by atoms with Gasteiger partial charge in [0.25, 0.3) is 0 Å². The summed E-state index contributed by atoms with van der Waals surface area (Å²) < 4.78 is 40.6. The number of carbonyl (C=O) groups is 2. The molecule has 1 aliphatic carbocycles. The summed E-state index contributed by atoms with van der Waals surface area (Å²) in [6.07, 6.45) is 1.80. The molecule has 8 nitrogen and oxygen atoms in total. The number of ether oxygens (including phenoxy) is 1. The predicted molar refractivity (Wildman–Crippen MR) is 134 cm³/mol. The van der Waals surface area contributed by atoms with Gasteiger partial charge >= 0.3 is 5.97 Å². The lowest BCUT2D eigenvalue weighted by Crippen LogP contribution is -2.37. The van der Waals surface area contributed by atoms with E-state index in [2.05, 4.69) is 9.72 Å². The van der Waals surface area contributed by atoms with E-state index < -0.39 is 17.7 Å². The number of hydrogen-bond donors (Lipinski definition) is 0. The molecule has 0 bridgehead atoms. The number of benzene rings is 2. The van der Waals surface area contributed by atoms with Gasteiger partial charge in [-0.1, -0.05) is 11.2 Å². The van der Waals surface area contributed by atoms with Crippen LogP contribution >= 0.6 is 0 Å². The molecule has 1 saturated heterocycles. The molecule has 2 aromatic heterocycles. The van der Waals surface area contributed by atoms with E-state index in [1.165, 1.54) is 17.9 Å². The number of fused-ring (bicyclic) bond motifs is 1. The second kappa shape index (κ2) is 9.04. The zero-order valence-corrected chi connectivity index (χ0v) is 21.2. The second-order valence-corrected chi connectivity index (χ2v) is 10.0. The normalized spacial score (nSPS) is 21.2. The first-order valence-electron chi connectivity index (χ1n) is 12.6. The first-order chi connectivity index (χ1) is 18.2. The van der Waals surface area contributed by atoms with E-state index in [-0.39, 0.29) is 36.1 Å². The van der Waals surface area contributed by atoms with Gasteiger partial charge in [0, 0.05) is 49.5 Å². The fraction of sp³-hybridized carbons (Fsp3) is 0.357. The number of imidazole rings is 1. The van der Waals surface area contributed by atoms with E-state index in [4.69, 9.17) is 14.2 Å². The number of hydrogen-bond acceptors (Lipinski definition) is 6. The van der Waals surface area contributed by atoms with Crippen molar-refractivity contribution in [3.8, 4) is 11.1 Å². The van der Waals surface area contributed by atoms with Crippen LogP contribution in [0.5, 0.6) is 0 Å². The van der Waals surface area contributed by atoms with Crippen LogP contribution in [0.1, 0.15) is 62.0 Å². The molecule has 1 unspecified atom stereocenters. The molecular formula is C28H26F2N4O4. The Bertz CT molecular complexity index is 1570. The van der Waals surface area contributed by atoms with Crippen LogP contribution in [0, 0.1) is 25.5 Å². The lowest BCUT2D eigenvalue weighted by atomic mass is 9.88. The quantitative estimate of drug-likeness (QED) is 0.313. The summed E-state index contributed by atoms with van der Waals surface area (Å²) in [5.74, 6) is -1.11. The Morgan fingerprint density at radius 3 is 2.58 bits per heavy atom. The predicted octanol–water partition coefficient (Wildman–Crippen LogP) is 5.72. The van der Waals surface area contributed by atoms with Crippen LogP contribution in [0.15, 0.2) is 40.9 Å². The molecule has 1 atom stereocenters. The van der Waals surface area contributed by atoms with E-state index in [1.807, 2.05) is 32.0 Å². The van der Waals surface area contributed by atoms with Crippen molar-refractivity contribution in [3.63, 3.8) is 0 Å². The molecule has 2 fully saturated rings. The Morgan fingerprint density at radius 1 is 1.11 bits per heavy atom. The van der Waals surface area contributed by atoms with E-state index in [1.54, 1.807) is 0 Å². The maximum Gasteiger partial charge on any atom is 0.302 e. The maximum absolute atomic E-state index is 14.1. The fourth-order valence-corrected chi connectivity index (χ4v) is 5.75. The topological polar surface area (TPSA) is 90.5 Å². The summed E-state index contributed by atoms with van der Waals surface area (Å²) in [7, 11) is 0. The van der Waals surface area contributed by atoms with Gasteiger partial charge in [-0.3, -0.25) is 9.59 Å². The number of anilines is 1. The van der Waals surface area contributed by atoms with E-state index >= 15 is 0 Å². The highest BCUT2D eigenvalue weighted by atomic mass is 19.2. The average Bonchev–Trinajstić information content (AvgIpc) is 3.51. The molecule has 2 aliphatic rings. The molecule has 38 heavy (non-hydrogen) atoms. The summed E-state index contributed by atoms with van der Waals surface area (Å²) in [5, 5.41) is 4.06. The zero-order chi connectivity index (χ0) is 26.7. The van der Waals surface area contributed by atoms with Crippen molar-refractivity contribution in [3.05, 3.63) is 65.3 Å². The van der Waals surface area contributed by atoms with Crippen LogP contribution < -0.4 is 4.90 Å². The van der Waals surface area contributed by atoms with Gasteiger partial charge < -0.3 is 18.7 Å². The van der Waals surface area contributed by atoms with Gasteiger partial charge in [-0.25, -0.2) is 13.8 Å². The van der Waals surface area contributed by atoms with Crippen LogP contribution in [0.25, 0.3) is 22.2 Å². The number of esters is 1. The SMILES string of the molecule is CC(=O)OC1CC(n2c(C3CCC(=O)N3c3ccc(F)c(F)c3)nc3cc(-c4c(C)noc4C)ccc32)C1. The minimum absolute atomic E-state index is 0.00627. The van der Waals surface area contributed by atoms with Gasteiger partial charge in [0.05, 0.1) is 22.8 Å². The molecule has 3 heterocycles. The Morgan fingerprint density at radius 2 is 1.89 bits per heavy atom. The van der Waals surface area contributed by atoms with Crippen LogP contribution in [0.2, 0.25) is 0 Å². The zero-order valence-electron chi connectivity index (χ0n) is 21.2. The van der Waals surface area contributed by atoms with Crippen molar-refractivity contribution in [2.45, 2.75) is 64.6 Å². The van der Waals surface area contributed by atoms with Crippen molar-refractivity contribution in [2.75, 3.05) is 4.90 Å². The summed E-state index contributed by atoms with van der Waals surface area (Å²) >= 11 is 0. The summed E-state index contributed by atoms with van der Waals surface area (Å²) in [6, 6.07) is 8.99. The van der Waals surface area contributed by atoms with Crippen molar-refractivity contribution in [2.24, 2.45) is 0 Å². The minimum atomic E-state index is -1.01. The van der Waals surface area contributed by atoms with Crippen LogP contribution in [0.4, 0.5) is 14.5 Å². The van der Waals surface area contributed by atoms with Crippen molar-refractivity contribution >= 4 is 28.6 Å². The summed E-state index contributed by atoms with van der Waals surface area (Å²) in [4.78, 5) is 31.0. The average molecular weight is 521 g/mol. The monoisotopic (exact) mass is 520 g/mol. The van der Waals surface area contributed by atoms with Crippen molar-refractivity contribution < 1.29 is 27.6 Å². The van der Waals surface area contributed by atoms with Crippen molar-refractivity contribution in [1.29, 1.82) is 0 Å². The smallest absolute Gasteiger partial charge is 0.302 e. The molecule has 0 N–H and O–H groups in total. The number of halogens is 2. The first-order valence-corrected chi connectivity index (χ1v) is 12.6. The first kappa shape index (κ1) is 24.3. The van der Waals surface area contributed by atoms with Crippen molar-refractivity contribution in [1.82, 2.24) is 14.7 Å². The Balaban J connectivity index is 1.46. The molecule has 6 rings (SSSR count). The molecule has 1 saturated carbocycles. The highest BCUT2D eigenvalue weighted by Crippen LogP contribution is 2.44. The standard InChI is InChI=1S/C28H26F2N4O4/c1-14-27(15(2)38-32-14)17-4-7-24-23(10-17)31-28(34(24)19-11-20(12-19)37-16(3)35)25-8-9-26(36)33(25)18-5-6-21(29)22(30)13-18/h4-7,10,13,19-20,25H,8-9,11-12H2,1-3H3. The number of aryl methyl sites for hydroxylation is 2. The molecule has 2 aromatic carbocycles. The van der Waals surface area contributed by atoms with E-state index in [0.29, 0.717) is 30.8 Å². The van der Waals surface area contributed by atoms with Gasteiger partial charge in [0.2, 0.25) is 5.91 Å². The molecular weight excluding hydrogens is 494 g/mol. The Hall–Kier alpha value is -4.08. The highest BCUT2D eigenvalue weighted by molar-refractivity contribution is 5.96. The number of carbonyl (C=O) groups excluding carboxylic acids is 2. The number of amides is 1. The fourth-order valence-electron chi connectivity index (χ4n) is 5.75. The maximum atomic E-state index is 14.1. The summed E-state index contributed by atoms with van der Waals surface area (Å²) in [5.41, 5.74) is 4.50. The third kappa shape index (κ3) is 3.95. The second-order valence-electron chi connectivity index (χ2n) is 10.0. The molecule has 4 aromatic rings. The third-order valence-corrected chi connectivity index (χ3v) is 7.50. The van der Waals surface area contributed by atoms with Crippen LogP contribution in [-0.2, 0) is 14.3 Å². The van der Waals surface area contributed by atoms with Gasteiger partial charge in [0.15, 0.2) is 11.6 Å². The number of aromatic nitrogens is 3. The summed E-state index contributed by atoms with van der Waals surface area (Å²) in [6.45, 7) is 5.13. The number of rotatable bonds is 5. The Kier molecular flexibility index (Phi) is 5.77. The van der Waals surface area contributed by atoms with E-state index in [0.717, 1.165) is 40.0 Å². The largest absolute Gasteiger partial charge is 0.462 e. The minimum Gasteiger partial charge on any atom is -0.462 e. The van der Waals surface area contributed by atoms with Gasteiger partial charge in [-0.15, -0.1) is 0 Å². The molecule has 0 radical (unpaired) electrons. The van der Waals surface area contributed by atoms with E-state index in [9.17, 15) is 18.4 Å². The highest BCUT2D eigenvalue weighted by Gasteiger charge is 2.41. The lowest BCUT2D eigenvalue weighted by Gasteiger charge is -2.37. The Labute approximate surface area is 217 Å².